The summed E-state index contributed by atoms with van der Waals surface area (Å²) in [7, 11) is -4.02. The molecule has 1 aromatic carbocycles. The van der Waals surface area contributed by atoms with Crippen molar-refractivity contribution in [3.05, 3.63) is 48.9 Å². The van der Waals surface area contributed by atoms with E-state index in [-0.39, 0.29) is 6.54 Å². The third-order valence-electron chi connectivity index (χ3n) is 3.08. The molecule has 2 aromatic heterocycles. The minimum absolute atomic E-state index is 0.0632. The van der Waals surface area contributed by atoms with Crippen LogP contribution in [0.2, 0.25) is 0 Å². The van der Waals surface area contributed by atoms with Crippen molar-refractivity contribution in [1.82, 2.24) is 15.1 Å². The number of benzene rings is 1. The topological polar surface area (TPSA) is 96.9 Å². The third kappa shape index (κ3) is 3.41. The summed E-state index contributed by atoms with van der Waals surface area (Å²) in [6, 6.07) is 9.30. The molecule has 0 aliphatic carbocycles. The summed E-state index contributed by atoms with van der Waals surface area (Å²) in [6.07, 6.45) is 4.88. The fourth-order valence-corrected chi connectivity index (χ4v) is 2.43. The average Bonchev–Trinajstić information content (AvgIpc) is 2.52. The van der Waals surface area contributed by atoms with Crippen LogP contribution in [-0.4, -0.2) is 33.8 Å². The lowest BCUT2D eigenvalue weighted by atomic mass is 10.2. The van der Waals surface area contributed by atoms with E-state index < -0.39 is 15.9 Å². The van der Waals surface area contributed by atoms with Gasteiger partial charge in [-0.2, -0.15) is 8.42 Å². The van der Waals surface area contributed by atoms with E-state index in [0.29, 0.717) is 5.69 Å². The second-order valence-electron chi connectivity index (χ2n) is 4.71. The fourth-order valence-electron chi connectivity index (χ4n) is 2.02. The minimum Gasteiger partial charge on any atom is -0.285 e. The Morgan fingerprint density at radius 1 is 1.14 bits per heavy atom. The van der Waals surface area contributed by atoms with Crippen LogP contribution in [0.3, 0.4) is 0 Å². The number of para-hydroxylation sites is 2. The van der Waals surface area contributed by atoms with Crippen LogP contribution in [0.5, 0.6) is 0 Å². The highest BCUT2D eigenvalue weighted by atomic mass is 32.2. The van der Waals surface area contributed by atoms with Crippen LogP contribution in [0.15, 0.2) is 48.9 Å². The van der Waals surface area contributed by atoms with Crippen LogP contribution >= 0.6 is 0 Å². The number of nitrogens with zero attached hydrogens (tertiary/aromatic N) is 4. The lowest BCUT2D eigenvalue weighted by Crippen LogP contribution is -2.40. The zero-order valence-corrected chi connectivity index (χ0v) is 12.3. The predicted octanol–water partition coefficient (Wildman–Crippen LogP) is 0.867. The Balaban J connectivity index is 1.93. The average molecular weight is 317 g/mol. The molecule has 0 spiro atoms. The molecule has 0 unspecified atom stereocenters. The molecule has 0 fully saturated rings. The Morgan fingerprint density at radius 3 is 2.68 bits per heavy atom. The zero-order valence-electron chi connectivity index (χ0n) is 11.5. The highest BCUT2D eigenvalue weighted by molar-refractivity contribution is 7.85. The van der Waals surface area contributed by atoms with Crippen molar-refractivity contribution in [3.8, 4) is 11.3 Å². The number of hydrogen-bond donors (Lipinski definition) is 1. The van der Waals surface area contributed by atoms with Crippen LogP contribution in [0, 0.1) is 0 Å². The largest absolute Gasteiger partial charge is 0.285 e. The Labute approximate surface area is 127 Å². The molecule has 22 heavy (non-hydrogen) atoms. The molecule has 8 heteroatoms. The number of aromatic nitrogens is 4. The number of aryl methyl sites for hydroxylation is 1. The molecule has 3 rings (SSSR count). The molecule has 1 N–H and O–H groups in total. The summed E-state index contributed by atoms with van der Waals surface area (Å²) in [5.41, 5.74) is 3.02. The van der Waals surface area contributed by atoms with E-state index >= 15 is 0 Å². The van der Waals surface area contributed by atoms with Crippen molar-refractivity contribution in [3.63, 3.8) is 0 Å². The zero-order chi connectivity index (χ0) is 15.6. The van der Waals surface area contributed by atoms with E-state index in [0.717, 1.165) is 16.6 Å². The van der Waals surface area contributed by atoms with Gasteiger partial charge in [0.1, 0.15) is 5.75 Å². The molecule has 0 saturated heterocycles. The van der Waals surface area contributed by atoms with Gasteiger partial charge >= 0.3 is 0 Å². The summed E-state index contributed by atoms with van der Waals surface area (Å²) < 4.78 is 31.8. The molecule has 0 radical (unpaired) electrons. The molecule has 7 nitrogen and oxygen atoms in total. The molecule has 2 heterocycles. The highest BCUT2D eigenvalue weighted by Crippen LogP contribution is 2.16. The summed E-state index contributed by atoms with van der Waals surface area (Å²) in [5.74, 6) is -0.391. The lowest BCUT2D eigenvalue weighted by molar-refractivity contribution is -0.749. The normalized spacial score (nSPS) is 11.7. The van der Waals surface area contributed by atoms with Gasteiger partial charge in [0.05, 0.1) is 34.7 Å². The van der Waals surface area contributed by atoms with Crippen LogP contribution < -0.4 is 4.68 Å². The number of hydrogen-bond acceptors (Lipinski definition) is 5. The maximum absolute atomic E-state index is 10.8. The second-order valence-corrected chi connectivity index (χ2v) is 6.28. The summed E-state index contributed by atoms with van der Waals surface area (Å²) in [5, 5.41) is 4.02. The third-order valence-corrected chi connectivity index (χ3v) is 3.78. The Morgan fingerprint density at radius 2 is 1.91 bits per heavy atom. The number of fused-ring (bicyclic) bond motifs is 1. The summed E-state index contributed by atoms with van der Waals surface area (Å²) in [4.78, 5) is 8.87. The fraction of sp³-hybridized carbons (Fsp3) is 0.143. The van der Waals surface area contributed by atoms with Crippen molar-refractivity contribution in [1.29, 1.82) is 0 Å². The van der Waals surface area contributed by atoms with E-state index in [4.69, 9.17) is 4.55 Å². The molecular weight excluding hydrogens is 304 g/mol. The van der Waals surface area contributed by atoms with Gasteiger partial charge in [-0.25, -0.2) is 4.98 Å². The summed E-state index contributed by atoms with van der Waals surface area (Å²) >= 11 is 0. The van der Waals surface area contributed by atoms with E-state index in [1.54, 1.807) is 24.7 Å². The maximum Gasteiger partial charge on any atom is 0.271 e. The molecular formula is C14H13N4O3S+. The Kier molecular flexibility index (Phi) is 3.78. The maximum atomic E-state index is 10.8. The SMILES string of the molecule is O=S(=O)(O)CC[n+]1cc(-c2cnc3ccccc3n2)ccn1. The minimum atomic E-state index is -4.02. The molecule has 112 valence electrons. The van der Waals surface area contributed by atoms with Crippen molar-refractivity contribution >= 4 is 21.2 Å². The first kappa shape index (κ1) is 14.5. The van der Waals surface area contributed by atoms with Crippen LogP contribution in [0.25, 0.3) is 22.3 Å². The van der Waals surface area contributed by atoms with E-state index in [2.05, 4.69) is 15.1 Å². The van der Waals surface area contributed by atoms with Gasteiger partial charge in [0.15, 0.2) is 6.54 Å². The first-order valence-electron chi connectivity index (χ1n) is 6.54. The standard InChI is InChI=1S/C14H12N4O3S/c19-22(20,21)8-7-18-10-11(5-6-16-18)14-9-15-12-3-1-2-4-13(12)17-14/h1-6,9-10H,7-8H2/p+1. The van der Waals surface area contributed by atoms with Crippen LogP contribution in [0.1, 0.15) is 0 Å². The van der Waals surface area contributed by atoms with Gasteiger partial charge in [0.25, 0.3) is 10.1 Å². The highest BCUT2D eigenvalue weighted by Gasteiger charge is 2.13. The van der Waals surface area contributed by atoms with Gasteiger partial charge < -0.3 is 0 Å². The van der Waals surface area contributed by atoms with Gasteiger partial charge in [-0.15, -0.1) is 0 Å². The quantitative estimate of drug-likeness (QED) is 0.566. The second kappa shape index (κ2) is 5.74. The van der Waals surface area contributed by atoms with Gasteiger partial charge in [0, 0.05) is 0 Å². The van der Waals surface area contributed by atoms with Crippen molar-refractivity contribution in [2.75, 3.05) is 5.75 Å². The molecule has 0 bridgehead atoms. The molecule has 0 aliphatic rings. The van der Waals surface area contributed by atoms with Crippen molar-refractivity contribution in [2.45, 2.75) is 6.54 Å². The molecule has 3 aromatic rings. The molecule has 0 saturated carbocycles. The molecule has 0 amide bonds. The number of rotatable bonds is 4. The van der Waals surface area contributed by atoms with E-state index in [1.165, 1.54) is 4.68 Å². The van der Waals surface area contributed by atoms with E-state index in [1.807, 2.05) is 24.3 Å². The van der Waals surface area contributed by atoms with Crippen molar-refractivity contribution < 1.29 is 17.7 Å². The smallest absolute Gasteiger partial charge is 0.271 e. The van der Waals surface area contributed by atoms with E-state index in [9.17, 15) is 8.42 Å². The first-order valence-corrected chi connectivity index (χ1v) is 8.15. The van der Waals surface area contributed by atoms with Crippen molar-refractivity contribution in [2.24, 2.45) is 0 Å². The Hall–Kier alpha value is -2.45. The summed E-state index contributed by atoms with van der Waals surface area (Å²) in [6.45, 7) is 0.0632. The van der Waals surface area contributed by atoms with Gasteiger partial charge in [-0.05, 0) is 23.3 Å². The molecule has 0 atom stereocenters. The van der Waals surface area contributed by atoms with Crippen LogP contribution in [0.4, 0.5) is 0 Å². The first-order chi connectivity index (χ1) is 10.5. The monoisotopic (exact) mass is 317 g/mol. The Bertz CT molecular complexity index is 928. The molecule has 0 aliphatic heterocycles. The van der Waals surface area contributed by atoms with Crippen LogP contribution in [-0.2, 0) is 16.7 Å². The lowest BCUT2D eigenvalue weighted by Gasteiger charge is -2.01. The van der Waals surface area contributed by atoms with Gasteiger partial charge in [-0.3, -0.25) is 9.54 Å². The van der Waals surface area contributed by atoms with Gasteiger partial charge in [0.2, 0.25) is 6.20 Å². The van der Waals surface area contributed by atoms with Gasteiger partial charge in [-0.1, -0.05) is 16.8 Å². The predicted molar refractivity (Wildman–Crippen MR) is 79.4 cm³/mol.